The van der Waals surface area contributed by atoms with E-state index in [1.165, 1.54) is 48.6 Å². The van der Waals surface area contributed by atoms with Crippen molar-refractivity contribution < 1.29 is 14.5 Å². The van der Waals surface area contributed by atoms with Gasteiger partial charge >= 0.3 is 0 Å². The maximum atomic E-state index is 12.9. The van der Waals surface area contributed by atoms with Crippen LogP contribution >= 0.6 is 23.1 Å². The van der Waals surface area contributed by atoms with Crippen molar-refractivity contribution in [1.82, 2.24) is 0 Å². The van der Waals surface area contributed by atoms with Gasteiger partial charge in [-0.25, -0.2) is 4.58 Å². The van der Waals surface area contributed by atoms with Gasteiger partial charge in [-0.2, -0.15) is 0 Å². The Kier molecular flexibility index (Phi) is 4.93. The third-order valence-corrected chi connectivity index (χ3v) is 8.27. The van der Waals surface area contributed by atoms with Crippen LogP contribution < -0.4 is 4.90 Å². The van der Waals surface area contributed by atoms with Gasteiger partial charge in [-0.05, 0) is 55.7 Å². The molecule has 1 aromatic heterocycles. The van der Waals surface area contributed by atoms with Crippen molar-refractivity contribution in [2.75, 3.05) is 31.1 Å². The number of nitrogens with zero attached hydrogens (tertiary/aromatic N) is 2. The second-order valence-corrected chi connectivity index (χ2v) is 9.92. The van der Waals surface area contributed by atoms with E-state index in [2.05, 4.69) is 21.6 Å². The molecule has 6 heteroatoms. The Labute approximate surface area is 173 Å². The van der Waals surface area contributed by atoms with Gasteiger partial charge in [0.15, 0.2) is 0 Å². The van der Waals surface area contributed by atoms with E-state index in [0.29, 0.717) is 11.1 Å². The highest BCUT2D eigenvalue weighted by atomic mass is 32.2. The van der Waals surface area contributed by atoms with E-state index in [1.54, 1.807) is 23.1 Å². The normalized spacial score (nSPS) is 25.7. The zero-order valence-corrected chi connectivity index (χ0v) is 17.6. The van der Waals surface area contributed by atoms with Gasteiger partial charge < -0.3 is 10.0 Å². The van der Waals surface area contributed by atoms with Crippen LogP contribution in [-0.2, 0) is 4.79 Å². The molecule has 0 saturated carbocycles. The van der Waals surface area contributed by atoms with Crippen molar-refractivity contribution in [2.24, 2.45) is 0 Å². The van der Waals surface area contributed by atoms with E-state index in [-0.39, 0.29) is 11.5 Å². The van der Waals surface area contributed by atoms with E-state index < -0.39 is 0 Å². The molecule has 3 aliphatic heterocycles. The van der Waals surface area contributed by atoms with E-state index in [1.807, 2.05) is 12.1 Å². The van der Waals surface area contributed by atoms with Gasteiger partial charge in [-0.15, -0.1) is 11.3 Å². The summed E-state index contributed by atoms with van der Waals surface area (Å²) in [7, 11) is 0. The summed E-state index contributed by atoms with van der Waals surface area (Å²) in [6.07, 6.45) is 11.6. The summed E-state index contributed by atoms with van der Waals surface area (Å²) in [6.45, 7) is 4.35. The number of aliphatic hydroxyl groups excluding tert-OH is 1. The number of Topliss-reactive ketones (excluding diaryl/α,β-unsaturated/α-hetero) is 1. The molecule has 4 nitrogen and oxygen atoms in total. The number of hydrogen-bond acceptors (Lipinski definition) is 5. The van der Waals surface area contributed by atoms with Crippen LogP contribution in [0.25, 0.3) is 5.57 Å². The number of ketones is 1. The molecule has 0 aromatic carbocycles. The Balaban J connectivity index is 1.39. The second-order valence-electron chi connectivity index (χ2n) is 7.80. The molecule has 0 unspecified atom stereocenters. The maximum absolute atomic E-state index is 12.9. The molecule has 28 heavy (non-hydrogen) atoms. The van der Waals surface area contributed by atoms with Crippen LogP contribution in [0.3, 0.4) is 0 Å². The number of allylic oxidation sites excluding steroid dienone is 3. The smallest absolute Gasteiger partial charge is 0.239 e. The van der Waals surface area contributed by atoms with E-state index in [9.17, 15) is 9.90 Å². The summed E-state index contributed by atoms with van der Waals surface area (Å²) >= 11 is 3.25. The first kappa shape index (κ1) is 18.3. The van der Waals surface area contributed by atoms with E-state index >= 15 is 0 Å². The lowest BCUT2D eigenvalue weighted by atomic mass is 9.86. The SMILES string of the molecule is O=C1C(=C2C=CC(=[N+]3CCCCC3)S2)C(O)=C1c1ccc(N2CCCCC2)s1. The molecule has 0 atom stereocenters. The van der Waals surface area contributed by atoms with Crippen molar-refractivity contribution in [2.45, 2.75) is 38.5 Å². The van der Waals surface area contributed by atoms with Crippen LogP contribution in [0.2, 0.25) is 0 Å². The first-order chi connectivity index (χ1) is 13.7. The number of piperidine rings is 2. The number of hydrogen-bond donors (Lipinski definition) is 1. The predicted octanol–water partition coefficient (Wildman–Crippen LogP) is 4.74. The highest BCUT2D eigenvalue weighted by Crippen LogP contribution is 2.45. The molecule has 1 N–H and O–H groups in total. The summed E-state index contributed by atoms with van der Waals surface area (Å²) in [6, 6.07) is 4.08. The Bertz CT molecular complexity index is 937. The fraction of sp³-hybridized carbons (Fsp3) is 0.455. The fourth-order valence-corrected chi connectivity index (χ4v) is 6.55. The van der Waals surface area contributed by atoms with Gasteiger partial charge in [-0.3, -0.25) is 4.79 Å². The molecule has 0 spiro atoms. The number of carbonyl (C=O) groups excluding carboxylic acids is 1. The molecule has 2 fully saturated rings. The first-order valence-electron chi connectivity index (χ1n) is 10.3. The van der Waals surface area contributed by atoms with Crippen LogP contribution in [0.5, 0.6) is 0 Å². The van der Waals surface area contributed by atoms with Gasteiger partial charge in [0, 0.05) is 41.8 Å². The van der Waals surface area contributed by atoms with Gasteiger partial charge in [0.1, 0.15) is 18.8 Å². The largest absolute Gasteiger partial charge is 0.506 e. The molecule has 5 rings (SSSR count). The highest BCUT2D eigenvalue weighted by molar-refractivity contribution is 8.18. The second kappa shape index (κ2) is 7.56. The molecule has 0 radical (unpaired) electrons. The average molecular weight is 414 g/mol. The lowest BCUT2D eigenvalue weighted by Crippen LogP contribution is -2.28. The van der Waals surface area contributed by atoms with E-state index in [4.69, 9.17) is 0 Å². The first-order valence-corrected chi connectivity index (χ1v) is 11.9. The molecule has 2 saturated heterocycles. The van der Waals surface area contributed by atoms with Gasteiger partial charge in [0.25, 0.3) is 0 Å². The van der Waals surface area contributed by atoms with Crippen LogP contribution in [0.4, 0.5) is 5.00 Å². The molecule has 1 aliphatic carbocycles. The van der Waals surface area contributed by atoms with Crippen molar-refractivity contribution in [3.05, 3.63) is 45.4 Å². The summed E-state index contributed by atoms with van der Waals surface area (Å²) in [4.78, 5) is 17.0. The minimum absolute atomic E-state index is 0.0170. The molecule has 0 bridgehead atoms. The molecule has 146 valence electrons. The minimum Gasteiger partial charge on any atom is -0.506 e. The van der Waals surface area contributed by atoms with Crippen LogP contribution in [0, 0.1) is 0 Å². The number of thioether (sulfide) groups is 1. The number of rotatable bonds is 2. The maximum Gasteiger partial charge on any atom is 0.239 e. The Morgan fingerprint density at radius 1 is 0.929 bits per heavy atom. The minimum atomic E-state index is -0.0170. The predicted molar refractivity (Wildman–Crippen MR) is 118 cm³/mol. The summed E-state index contributed by atoms with van der Waals surface area (Å²) in [5, 5.41) is 13.1. The quantitative estimate of drug-likeness (QED) is 0.562. The van der Waals surface area contributed by atoms with Crippen molar-refractivity contribution in [1.29, 1.82) is 0 Å². The molecular formula is C22H25N2O2S2+. The topological polar surface area (TPSA) is 43.6 Å². The molecular weight excluding hydrogens is 388 g/mol. The number of thiophene rings is 1. The Morgan fingerprint density at radius 2 is 1.68 bits per heavy atom. The van der Waals surface area contributed by atoms with Crippen LogP contribution in [0.1, 0.15) is 43.4 Å². The fourth-order valence-electron chi connectivity index (χ4n) is 4.35. The molecule has 4 heterocycles. The third kappa shape index (κ3) is 3.16. The number of carbonyl (C=O) groups is 1. The zero-order chi connectivity index (χ0) is 19.1. The molecule has 4 aliphatic rings. The number of anilines is 1. The van der Waals surface area contributed by atoms with Crippen molar-refractivity contribution >= 4 is 44.5 Å². The molecule has 0 amide bonds. The Hall–Kier alpha value is -1.79. The standard InChI is InChI=1S/C22H24N2O2S2/c25-21-19(15-7-9-17(27-15)23-11-3-1-4-12-23)22(26)20(21)16-8-10-18(28-16)24-13-5-2-6-14-24/h7-10H,1-6,11-14H2/p+1. The van der Waals surface area contributed by atoms with Crippen molar-refractivity contribution in [3.8, 4) is 0 Å². The van der Waals surface area contributed by atoms with Crippen LogP contribution in [-0.4, -0.2) is 46.7 Å². The number of aliphatic hydroxyl groups is 1. The molecule has 1 aromatic rings. The van der Waals surface area contributed by atoms with Crippen molar-refractivity contribution in [3.63, 3.8) is 0 Å². The zero-order valence-electron chi connectivity index (χ0n) is 15.9. The van der Waals surface area contributed by atoms with Gasteiger partial charge in [-0.1, -0.05) is 0 Å². The van der Waals surface area contributed by atoms with Gasteiger partial charge in [0.05, 0.1) is 16.1 Å². The average Bonchev–Trinajstić information content (AvgIpc) is 3.40. The Morgan fingerprint density at radius 3 is 2.43 bits per heavy atom. The summed E-state index contributed by atoms with van der Waals surface area (Å²) < 4.78 is 2.40. The van der Waals surface area contributed by atoms with E-state index in [0.717, 1.165) is 36.0 Å². The lowest BCUT2D eigenvalue weighted by Gasteiger charge is -2.27. The summed E-state index contributed by atoms with van der Waals surface area (Å²) in [5.41, 5.74) is 0.993. The van der Waals surface area contributed by atoms with Crippen LogP contribution in [0.15, 0.2) is 40.5 Å². The highest BCUT2D eigenvalue weighted by Gasteiger charge is 2.39. The van der Waals surface area contributed by atoms with Gasteiger partial charge in [0.2, 0.25) is 10.8 Å². The summed E-state index contributed by atoms with van der Waals surface area (Å²) in [5.74, 6) is 0.153. The third-order valence-electron chi connectivity index (χ3n) is 5.94. The lowest BCUT2D eigenvalue weighted by molar-refractivity contribution is -0.534. The monoisotopic (exact) mass is 413 g/mol.